The van der Waals surface area contributed by atoms with Crippen LogP contribution in [0.1, 0.15) is 11.1 Å². The number of nitrogens with one attached hydrogen (secondary N) is 1. The molecule has 9 heteroatoms. The van der Waals surface area contributed by atoms with E-state index in [9.17, 15) is 23.1 Å². The van der Waals surface area contributed by atoms with E-state index in [1.165, 1.54) is 23.0 Å². The zero-order chi connectivity index (χ0) is 20.1. The van der Waals surface area contributed by atoms with Gasteiger partial charge in [0.1, 0.15) is 5.75 Å². The summed E-state index contributed by atoms with van der Waals surface area (Å²) in [6, 6.07) is 8.50. The summed E-state index contributed by atoms with van der Waals surface area (Å²) in [5, 5.41) is 13.5. The van der Waals surface area contributed by atoms with Crippen molar-refractivity contribution in [3.05, 3.63) is 64.1 Å². The summed E-state index contributed by atoms with van der Waals surface area (Å²) in [4.78, 5) is 17.1. The molecule has 0 amide bonds. The maximum atomic E-state index is 12.7. The van der Waals surface area contributed by atoms with Crippen LogP contribution >= 0.6 is 0 Å². The zero-order valence-corrected chi connectivity index (χ0v) is 14.5. The molecule has 0 radical (unpaired) electrons. The summed E-state index contributed by atoms with van der Waals surface area (Å²) in [6.45, 7) is 1.71. The maximum Gasteiger partial charge on any atom is 0.573 e. The molecule has 4 rings (SSSR count). The molecule has 0 aliphatic carbocycles. The highest BCUT2D eigenvalue weighted by Gasteiger charge is 2.31. The third kappa shape index (κ3) is 2.99. The van der Waals surface area contributed by atoms with Gasteiger partial charge in [-0.05, 0) is 42.3 Å². The van der Waals surface area contributed by atoms with Crippen molar-refractivity contribution in [3.63, 3.8) is 0 Å². The average molecular weight is 389 g/mol. The van der Waals surface area contributed by atoms with Gasteiger partial charge in [0.05, 0.1) is 28.7 Å². The van der Waals surface area contributed by atoms with Crippen LogP contribution in [-0.4, -0.2) is 26.2 Å². The van der Waals surface area contributed by atoms with E-state index in [1.807, 2.05) is 6.92 Å². The number of aliphatic hydroxyl groups excluding tert-OH is 1. The van der Waals surface area contributed by atoms with E-state index in [-0.39, 0.29) is 17.9 Å². The SMILES string of the molecule is Cc1c(CO)ccc2c1ncc1c(=O)n(-c3ccc(OC(F)(F)F)cc3)[nH]c12. The quantitative estimate of drug-likeness (QED) is 0.562. The van der Waals surface area contributed by atoms with Crippen molar-refractivity contribution in [1.82, 2.24) is 14.8 Å². The van der Waals surface area contributed by atoms with Crippen molar-refractivity contribution in [2.45, 2.75) is 19.9 Å². The van der Waals surface area contributed by atoms with E-state index in [1.54, 1.807) is 12.1 Å². The van der Waals surface area contributed by atoms with Gasteiger partial charge in [-0.1, -0.05) is 12.1 Å². The molecule has 28 heavy (non-hydrogen) atoms. The lowest BCUT2D eigenvalue weighted by molar-refractivity contribution is -0.274. The number of alkyl halides is 3. The van der Waals surface area contributed by atoms with Crippen molar-refractivity contribution < 1.29 is 23.0 Å². The van der Waals surface area contributed by atoms with E-state index in [2.05, 4.69) is 14.8 Å². The van der Waals surface area contributed by atoms with Crippen molar-refractivity contribution in [2.75, 3.05) is 0 Å². The third-order valence-electron chi connectivity index (χ3n) is 4.56. The Labute approximate surface area is 155 Å². The Morgan fingerprint density at radius 2 is 1.86 bits per heavy atom. The molecule has 2 N–H and O–H groups in total. The van der Waals surface area contributed by atoms with Crippen molar-refractivity contribution in [2.24, 2.45) is 0 Å². The van der Waals surface area contributed by atoms with E-state index >= 15 is 0 Å². The molecule has 2 aromatic heterocycles. The highest BCUT2D eigenvalue weighted by molar-refractivity contribution is 6.04. The summed E-state index contributed by atoms with van der Waals surface area (Å²) in [5.41, 5.74) is 2.73. The molecule has 0 aliphatic rings. The standard InChI is InChI=1S/C19H14F3N3O3/c1-10-11(9-26)2-7-14-16(10)23-8-15-17(14)24-25(18(15)27)12-3-5-13(6-4-12)28-19(20,21)22/h2-8,24,26H,9H2,1H3. The highest BCUT2D eigenvalue weighted by atomic mass is 19.4. The Bertz CT molecular complexity index is 1240. The Balaban J connectivity index is 1.85. The van der Waals surface area contributed by atoms with Crippen LogP contribution in [0, 0.1) is 6.92 Å². The molecule has 2 aromatic carbocycles. The lowest BCUT2D eigenvalue weighted by atomic mass is 10.0. The average Bonchev–Trinajstić information content (AvgIpc) is 2.99. The highest BCUT2D eigenvalue weighted by Crippen LogP contribution is 2.27. The topological polar surface area (TPSA) is 80.1 Å². The number of ether oxygens (including phenoxy) is 1. The smallest absolute Gasteiger partial charge is 0.406 e. The number of nitrogens with zero attached hydrogens (tertiary/aromatic N) is 2. The van der Waals surface area contributed by atoms with Crippen molar-refractivity contribution in [3.8, 4) is 11.4 Å². The number of pyridine rings is 1. The van der Waals surface area contributed by atoms with Gasteiger partial charge in [-0.25, -0.2) is 4.68 Å². The van der Waals surface area contributed by atoms with Crippen LogP contribution in [-0.2, 0) is 6.61 Å². The Hall–Kier alpha value is -3.33. The summed E-state index contributed by atoms with van der Waals surface area (Å²) in [5.74, 6) is -0.375. The molecular formula is C19H14F3N3O3. The summed E-state index contributed by atoms with van der Waals surface area (Å²) in [7, 11) is 0. The van der Waals surface area contributed by atoms with Gasteiger partial charge in [-0.3, -0.25) is 14.9 Å². The van der Waals surface area contributed by atoms with Gasteiger partial charge in [0.25, 0.3) is 5.56 Å². The normalized spacial score (nSPS) is 12.0. The van der Waals surface area contributed by atoms with Gasteiger partial charge < -0.3 is 9.84 Å². The minimum Gasteiger partial charge on any atom is -0.406 e. The summed E-state index contributed by atoms with van der Waals surface area (Å²) in [6.07, 6.45) is -3.34. The van der Waals surface area contributed by atoms with Crippen molar-refractivity contribution >= 4 is 21.8 Å². The number of hydrogen-bond acceptors (Lipinski definition) is 4. The number of aliphatic hydroxyl groups is 1. The molecule has 144 valence electrons. The number of H-pyrrole nitrogens is 1. The van der Waals surface area contributed by atoms with E-state index < -0.39 is 6.36 Å². The molecule has 0 fully saturated rings. The van der Waals surface area contributed by atoms with Gasteiger partial charge in [0, 0.05) is 11.6 Å². The zero-order valence-electron chi connectivity index (χ0n) is 14.5. The van der Waals surface area contributed by atoms with Crippen molar-refractivity contribution in [1.29, 1.82) is 0 Å². The fraction of sp³-hybridized carbons (Fsp3) is 0.158. The van der Waals surface area contributed by atoms with Crippen LogP contribution in [0.5, 0.6) is 5.75 Å². The summed E-state index contributed by atoms with van der Waals surface area (Å²) < 4.78 is 42.0. The lowest BCUT2D eigenvalue weighted by Crippen LogP contribution is -2.17. The molecule has 0 spiro atoms. The largest absolute Gasteiger partial charge is 0.573 e. The van der Waals surface area contributed by atoms with Crippen LogP contribution < -0.4 is 10.3 Å². The number of aryl methyl sites for hydroxylation is 1. The van der Waals surface area contributed by atoms with E-state index in [0.29, 0.717) is 27.5 Å². The minimum atomic E-state index is -4.78. The number of fused-ring (bicyclic) bond motifs is 3. The fourth-order valence-corrected chi connectivity index (χ4v) is 3.16. The van der Waals surface area contributed by atoms with Gasteiger partial charge in [0.15, 0.2) is 0 Å². The van der Waals surface area contributed by atoms with Crippen LogP contribution in [0.15, 0.2) is 47.4 Å². The molecule has 0 saturated carbocycles. The van der Waals surface area contributed by atoms with E-state index in [0.717, 1.165) is 23.3 Å². The number of aromatic amines is 1. The minimum absolute atomic E-state index is 0.120. The molecule has 0 unspecified atom stereocenters. The van der Waals surface area contributed by atoms with Gasteiger partial charge in [-0.15, -0.1) is 13.2 Å². The van der Waals surface area contributed by atoms with Crippen LogP contribution in [0.4, 0.5) is 13.2 Å². The second kappa shape index (κ2) is 6.38. The first-order valence-corrected chi connectivity index (χ1v) is 8.27. The Morgan fingerprint density at radius 3 is 2.50 bits per heavy atom. The molecular weight excluding hydrogens is 375 g/mol. The van der Waals surface area contributed by atoms with Gasteiger partial charge in [0.2, 0.25) is 0 Å². The van der Waals surface area contributed by atoms with Gasteiger partial charge in [-0.2, -0.15) is 0 Å². The molecule has 4 aromatic rings. The Kier molecular flexibility index (Phi) is 4.11. The lowest BCUT2D eigenvalue weighted by Gasteiger charge is -2.09. The second-order valence-electron chi connectivity index (χ2n) is 6.24. The van der Waals surface area contributed by atoms with Crippen LogP contribution in [0.25, 0.3) is 27.5 Å². The molecule has 0 aliphatic heterocycles. The predicted molar refractivity (Wildman–Crippen MR) is 96.5 cm³/mol. The number of aromatic nitrogens is 3. The first kappa shape index (κ1) is 18.1. The number of hydrogen-bond donors (Lipinski definition) is 2. The fourth-order valence-electron chi connectivity index (χ4n) is 3.16. The maximum absolute atomic E-state index is 12.7. The van der Waals surface area contributed by atoms with E-state index in [4.69, 9.17) is 0 Å². The number of benzene rings is 2. The third-order valence-corrected chi connectivity index (χ3v) is 4.56. The number of halogens is 3. The monoisotopic (exact) mass is 389 g/mol. The summed E-state index contributed by atoms with van der Waals surface area (Å²) >= 11 is 0. The second-order valence-corrected chi connectivity index (χ2v) is 6.24. The first-order valence-electron chi connectivity index (χ1n) is 8.27. The van der Waals surface area contributed by atoms with Crippen LogP contribution in [0.3, 0.4) is 0 Å². The number of rotatable bonds is 3. The van der Waals surface area contributed by atoms with Gasteiger partial charge >= 0.3 is 6.36 Å². The predicted octanol–water partition coefficient (Wildman–Crippen LogP) is 3.57. The molecule has 0 atom stereocenters. The molecule has 0 bridgehead atoms. The van der Waals surface area contributed by atoms with Crippen LogP contribution in [0.2, 0.25) is 0 Å². The molecule has 0 saturated heterocycles. The molecule has 6 nitrogen and oxygen atoms in total. The molecule has 2 heterocycles. The Morgan fingerprint density at radius 1 is 1.14 bits per heavy atom. The first-order chi connectivity index (χ1) is 13.3.